The SMILES string of the molecule is Cc1ccc(-c2ccc3c4ccccc4n(-c4ccc(-c5ccc6c(c5)sc5ccccc56)cc4-c4nc(-c5ccccc5)nc(-c5ccccc5)n4)c3c2)cc1. The van der Waals surface area contributed by atoms with E-state index in [4.69, 9.17) is 15.0 Å². The van der Waals surface area contributed by atoms with E-state index >= 15 is 0 Å². The lowest BCUT2D eigenvalue weighted by molar-refractivity contribution is 1.06. The molecule has 0 fully saturated rings. The maximum Gasteiger partial charge on any atom is 0.166 e. The molecule has 0 N–H and O–H groups in total. The molecule has 0 atom stereocenters. The van der Waals surface area contributed by atoms with Crippen LogP contribution in [0, 0.1) is 6.92 Å². The first-order valence-electron chi connectivity index (χ1n) is 19.2. The van der Waals surface area contributed by atoms with Gasteiger partial charge in [-0.3, -0.25) is 0 Å². The van der Waals surface area contributed by atoms with Crippen LogP contribution >= 0.6 is 11.3 Å². The van der Waals surface area contributed by atoms with Crippen molar-refractivity contribution in [1.29, 1.82) is 0 Å². The fraction of sp³-hybridized carbons (Fsp3) is 0.0192. The minimum Gasteiger partial charge on any atom is -0.308 e. The quantitative estimate of drug-likeness (QED) is 0.170. The Morgan fingerprint density at radius 1 is 0.368 bits per heavy atom. The lowest BCUT2D eigenvalue weighted by Crippen LogP contribution is -2.04. The van der Waals surface area contributed by atoms with Crippen molar-refractivity contribution in [3.63, 3.8) is 0 Å². The second-order valence-corrected chi connectivity index (χ2v) is 15.6. The maximum absolute atomic E-state index is 5.28. The molecule has 0 saturated carbocycles. The first-order valence-corrected chi connectivity index (χ1v) is 20.0. The van der Waals surface area contributed by atoms with Gasteiger partial charge in [0.15, 0.2) is 17.5 Å². The van der Waals surface area contributed by atoms with Gasteiger partial charge in [0.25, 0.3) is 0 Å². The second-order valence-electron chi connectivity index (χ2n) is 14.5. The lowest BCUT2D eigenvalue weighted by atomic mass is 9.99. The molecule has 8 aromatic carbocycles. The molecule has 4 nitrogen and oxygen atoms in total. The Morgan fingerprint density at radius 2 is 0.895 bits per heavy atom. The highest BCUT2D eigenvalue weighted by atomic mass is 32.1. The highest BCUT2D eigenvalue weighted by Crippen LogP contribution is 2.41. The van der Waals surface area contributed by atoms with Crippen LogP contribution in [0.2, 0.25) is 0 Å². The Hall–Kier alpha value is -7.21. The number of thiophene rings is 1. The Labute approximate surface area is 334 Å². The maximum atomic E-state index is 5.28. The summed E-state index contributed by atoms with van der Waals surface area (Å²) in [5, 5.41) is 4.96. The van der Waals surface area contributed by atoms with Gasteiger partial charge in [-0.25, -0.2) is 15.0 Å². The summed E-state index contributed by atoms with van der Waals surface area (Å²) in [6.07, 6.45) is 0. The van der Waals surface area contributed by atoms with E-state index in [0.717, 1.165) is 44.5 Å². The molecular weight excluding hydrogens is 713 g/mol. The monoisotopic (exact) mass is 746 g/mol. The highest BCUT2D eigenvalue weighted by Gasteiger charge is 2.21. The van der Waals surface area contributed by atoms with Gasteiger partial charge in [0.1, 0.15) is 0 Å². The molecule has 0 amide bonds. The van der Waals surface area contributed by atoms with Crippen molar-refractivity contribution in [1.82, 2.24) is 19.5 Å². The van der Waals surface area contributed by atoms with Gasteiger partial charge < -0.3 is 4.57 Å². The van der Waals surface area contributed by atoms with E-state index in [1.54, 1.807) is 0 Å². The van der Waals surface area contributed by atoms with Gasteiger partial charge in [0.05, 0.1) is 16.7 Å². The van der Waals surface area contributed by atoms with Gasteiger partial charge in [-0.1, -0.05) is 157 Å². The first-order chi connectivity index (χ1) is 28.1. The Kier molecular flexibility index (Phi) is 7.86. The van der Waals surface area contributed by atoms with Crippen LogP contribution in [0.15, 0.2) is 188 Å². The number of benzene rings is 8. The Morgan fingerprint density at radius 3 is 1.63 bits per heavy atom. The molecule has 0 unspecified atom stereocenters. The van der Waals surface area contributed by atoms with E-state index < -0.39 is 0 Å². The van der Waals surface area contributed by atoms with Crippen LogP contribution in [0.5, 0.6) is 0 Å². The molecule has 0 spiro atoms. The number of aryl methyl sites for hydroxylation is 1. The molecule has 57 heavy (non-hydrogen) atoms. The number of nitrogens with zero attached hydrogens (tertiary/aromatic N) is 4. The number of fused-ring (bicyclic) bond motifs is 6. The first kappa shape index (κ1) is 33.2. The molecular formula is C52H34N4S. The average Bonchev–Trinajstić information content (AvgIpc) is 3.82. The average molecular weight is 747 g/mol. The number of rotatable bonds is 6. The van der Waals surface area contributed by atoms with Crippen LogP contribution in [0.4, 0.5) is 0 Å². The van der Waals surface area contributed by atoms with Gasteiger partial charge in [-0.2, -0.15) is 0 Å². The zero-order valence-corrected chi connectivity index (χ0v) is 31.9. The summed E-state index contributed by atoms with van der Waals surface area (Å²) < 4.78 is 4.96. The van der Waals surface area contributed by atoms with Crippen LogP contribution in [-0.2, 0) is 0 Å². The largest absolute Gasteiger partial charge is 0.308 e. The summed E-state index contributed by atoms with van der Waals surface area (Å²) in [6, 6.07) is 66.9. The summed E-state index contributed by atoms with van der Waals surface area (Å²) in [5.74, 6) is 1.88. The van der Waals surface area contributed by atoms with Crippen molar-refractivity contribution in [2.24, 2.45) is 0 Å². The minimum atomic E-state index is 0.614. The summed E-state index contributed by atoms with van der Waals surface area (Å²) in [5.41, 5.74) is 11.9. The zero-order chi connectivity index (χ0) is 37.9. The number of aromatic nitrogens is 4. The molecule has 0 aliphatic carbocycles. The summed E-state index contributed by atoms with van der Waals surface area (Å²) >= 11 is 1.84. The Balaban J connectivity index is 1.20. The van der Waals surface area contributed by atoms with Crippen LogP contribution in [0.3, 0.4) is 0 Å². The molecule has 11 aromatic rings. The van der Waals surface area contributed by atoms with Crippen molar-refractivity contribution in [3.05, 3.63) is 194 Å². The number of hydrogen-bond acceptors (Lipinski definition) is 4. The summed E-state index contributed by atoms with van der Waals surface area (Å²) in [4.78, 5) is 15.6. The molecule has 5 heteroatoms. The van der Waals surface area contributed by atoms with Crippen LogP contribution in [-0.4, -0.2) is 19.5 Å². The summed E-state index contributed by atoms with van der Waals surface area (Å²) in [6.45, 7) is 2.13. The third-order valence-corrected chi connectivity index (χ3v) is 12.1. The normalized spacial score (nSPS) is 11.6. The van der Waals surface area contributed by atoms with E-state index in [-0.39, 0.29) is 0 Å². The molecule has 0 saturated heterocycles. The van der Waals surface area contributed by atoms with Crippen LogP contribution in [0.1, 0.15) is 5.56 Å². The fourth-order valence-corrected chi connectivity index (χ4v) is 9.23. The van der Waals surface area contributed by atoms with Crippen LogP contribution in [0.25, 0.3) is 104 Å². The van der Waals surface area contributed by atoms with Gasteiger partial charge in [-0.15, -0.1) is 11.3 Å². The molecule has 3 aromatic heterocycles. The molecule has 11 rings (SSSR count). The van der Waals surface area contributed by atoms with Crippen molar-refractivity contribution >= 4 is 53.3 Å². The van der Waals surface area contributed by atoms with Crippen molar-refractivity contribution < 1.29 is 0 Å². The molecule has 0 bridgehead atoms. The van der Waals surface area contributed by atoms with Gasteiger partial charge in [-0.05, 0) is 65.6 Å². The smallest absolute Gasteiger partial charge is 0.166 e. The molecule has 0 radical (unpaired) electrons. The molecule has 3 heterocycles. The number of hydrogen-bond donors (Lipinski definition) is 0. The Bertz CT molecular complexity index is 3230. The second kappa shape index (κ2) is 13.5. The van der Waals surface area contributed by atoms with Gasteiger partial charge in [0.2, 0.25) is 0 Å². The minimum absolute atomic E-state index is 0.614. The molecule has 0 aliphatic heterocycles. The zero-order valence-electron chi connectivity index (χ0n) is 31.1. The van der Waals surface area contributed by atoms with E-state index in [0.29, 0.717) is 17.5 Å². The van der Waals surface area contributed by atoms with Crippen molar-refractivity contribution in [2.75, 3.05) is 0 Å². The van der Waals surface area contributed by atoms with Gasteiger partial charge in [0, 0.05) is 47.6 Å². The highest BCUT2D eigenvalue weighted by molar-refractivity contribution is 7.25. The summed E-state index contributed by atoms with van der Waals surface area (Å²) in [7, 11) is 0. The number of para-hydroxylation sites is 1. The van der Waals surface area contributed by atoms with E-state index in [1.807, 2.05) is 47.7 Å². The topological polar surface area (TPSA) is 43.6 Å². The van der Waals surface area contributed by atoms with Crippen molar-refractivity contribution in [3.8, 4) is 62.1 Å². The molecule has 268 valence electrons. The fourth-order valence-electron chi connectivity index (χ4n) is 8.08. The lowest BCUT2D eigenvalue weighted by Gasteiger charge is -2.17. The van der Waals surface area contributed by atoms with E-state index in [9.17, 15) is 0 Å². The third-order valence-electron chi connectivity index (χ3n) is 10.9. The van der Waals surface area contributed by atoms with Crippen molar-refractivity contribution in [2.45, 2.75) is 6.92 Å². The van der Waals surface area contributed by atoms with E-state index in [2.05, 4.69) is 163 Å². The van der Waals surface area contributed by atoms with Crippen LogP contribution < -0.4 is 0 Å². The standard InChI is InChI=1S/C52H34N4S/c1-33-20-22-34(23-21-33)38-24-27-41-40-16-8-10-18-45(40)56(47(41)31-38)46-29-26-37(39-25-28-43-42-17-9-11-19-48(42)57-49(43)32-39)30-44(46)52-54-50(35-12-4-2-5-13-35)53-51(55-52)36-14-6-3-7-15-36/h2-32H,1H3. The third kappa shape index (κ3) is 5.79. The van der Waals surface area contributed by atoms with Gasteiger partial charge >= 0.3 is 0 Å². The van der Waals surface area contributed by atoms with E-state index in [1.165, 1.54) is 47.6 Å². The predicted octanol–water partition coefficient (Wildman–Crippen LogP) is 14.0. The predicted molar refractivity (Wildman–Crippen MR) is 239 cm³/mol. The molecule has 0 aliphatic rings.